The number of rotatable bonds is 7. The first-order valence-corrected chi connectivity index (χ1v) is 7.03. The van der Waals surface area contributed by atoms with Crippen molar-refractivity contribution in [3.63, 3.8) is 0 Å². The Morgan fingerprint density at radius 1 is 1.33 bits per heavy atom. The van der Waals surface area contributed by atoms with Gasteiger partial charge in [0.2, 0.25) is 0 Å². The normalized spacial score (nSPS) is 12.8. The fourth-order valence-electron chi connectivity index (χ4n) is 2.07. The van der Waals surface area contributed by atoms with Gasteiger partial charge in [-0.2, -0.15) is 0 Å². The molecule has 1 unspecified atom stereocenters. The first-order valence-electron chi connectivity index (χ1n) is 6.49. The second-order valence-electron chi connectivity index (χ2n) is 5.18. The smallest absolute Gasteiger partial charge is 0.123 e. The third-order valence-electron chi connectivity index (χ3n) is 2.96. The summed E-state index contributed by atoms with van der Waals surface area (Å²) < 4.78 is 5.37. The third kappa shape index (κ3) is 4.87. The highest BCUT2D eigenvalue weighted by Crippen LogP contribution is 2.20. The number of methoxy groups -OCH3 is 1. The number of alkyl halides is 1. The van der Waals surface area contributed by atoms with Gasteiger partial charge in [0, 0.05) is 24.0 Å². The molecule has 18 heavy (non-hydrogen) atoms. The van der Waals surface area contributed by atoms with Gasteiger partial charge < -0.3 is 10.1 Å². The van der Waals surface area contributed by atoms with Crippen molar-refractivity contribution < 1.29 is 4.74 Å². The highest BCUT2D eigenvalue weighted by molar-refractivity contribution is 6.18. The van der Waals surface area contributed by atoms with Crippen molar-refractivity contribution in [1.82, 2.24) is 5.32 Å². The molecule has 3 heteroatoms. The molecule has 0 saturated carbocycles. The molecule has 1 aromatic carbocycles. The van der Waals surface area contributed by atoms with Crippen LogP contribution < -0.4 is 10.1 Å². The van der Waals surface area contributed by atoms with E-state index in [4.69, 9.17) is 16.3 Å². The van der Waals surface area contributed by atoms with Crippen LogP contribution in [0.5, 0.6) is 5.75 Å². The van der Waals surface area contributed by atoms with Gasteiger partial charge in [0.05, 0.1) is 7.11 Å². The summed E-state index contributed by atoms with van der Waals surface area (Å²) in [5.41, 5.74) is 2.44. The van der Waals surface area contributed by atoms with Gasteiger partial charge in [0.25, 0.3) is 0 Å². The minimum atomic E-state index is 0.358. The van der Waals surface area contributed by atoms with Gasteiger partial charge in [0.15, 0.2) is 0 Å². The van der Waals surface area contributed by atoms with Gasteiger partial charge in [-0.15, -0.1) is 11.6 Å². The lowest BCUT2D eigenvalue weighted by Crippen LogP contribution is -2.31. The van der Waals surface area contributed by atoms with Crippen LogP contribution in [0.3, 0.4) is 0 Å². The molecule has 0 fully saturated rings. The van der Waals surface area contributed by atoms with Crippen LogP contribution in [0.25, 0.3) is 0 Å². The van der Waals surface area contributed by atoms with Gasteiger partial charge >= 0.3 is 0 Å². The van der Waals surface area contributed by atoms with Crippen LogP contribution in [-0.4, -0.2) is 19.0 Å². The zero-order chi connectivity index (χ0) is 13.5. The van der Waals surface area contributed by atoms with Gasteiger partial charge in [0.1, 0.15) is 5.75 Å². The molecule has 1 N–H and O–H groups in total. The van der Waals surface area contributed by atoms with E-state index in [2.05, 4.69) is 38.2 Å². The lowest BCUT2D eigenvalue weighted by atomic mass is 10.0. The molecule has 0 aliphatic rings. The maximum absolute atomic E-state index is 5.99. The molecule has 1 atom stereocenters. The van der Waals surface area contributed by atoms with Gasteiger partial charge in [-0.1, -0.05) is 31.5 Å². The Hall–Kier alpha value is -0.730. The number of halogens is 1. The van der Waals surface area contributed by atoms with Crippen molar-refractivity contribution in [3.05, 3.63) is 29.3 Å². The van der Waals surface area contributed by atoms with Crippen LogP contribution in [0.1, 0.15) is 31.4 Å². The Bertz CT molecular complexity index is 366. The number of ether oxygens (including phenoxy) is 1. The lowest BCUT2D eigenvalue weighted by Gasteiger charge is -2.19. The molecule has 1 rings (SSSR count). The monoisotopic (exact) mass is 269 g/mol. The van der Waals surface area contributed by atoms with Gasteiger partial charge in [-0.05, 0) is 25.3 Å². The molecule has 0 spiro atoms. The Morgan fingerprint density at radius 3 is 2.61 bits per heavy atom. The zero-order valence-corrected chi connectivity index (χ0v) is 12.6. The average Bonchev–Trinajstić information content (AvgIpc) is 2.34. The standard InChI is InChI=1S/C15H24ClNO/c1-11(2)7-14(9-16)17-10-13-8-12(3)5-6-15(13)18-4/h5-6,8,11,14,17H,7,9-10H2,1-4H3. The van der Waals surface area contributed by atoms with Crippen molar-refractivity contribution in [2.45, 2.75) is 39.8 Å². The minimum absolute atomic E-state index is 0.358. The molecule has 1 aromatic rings. The molecule has 0 bridgehead atoms. The second kappa shape index (κ2) is 7.65. The van der Waals surface area contributed by atoms with Crippen molar-refractivity contribution in [2.75, 3.05) is 13.0 Å². The van der Waals surface area contributed by atoms with Crippen molar-refractivity contribution in [2.24, 2.45) is 5.92 Å². The predicted molar refractivity (Wildman–Crippen MR) is 78.5 cm³/mol. The highest BCUT2D eigenvalue weighted by atomic mass is 35.5. The largest absolute Gasteiger partial charge is 0.496 e. The molecule has 0 aromatic heterocycles. The number of hydrogen-bond acceptors (Lipinski definition) is 2. The van der Waals surface area contributed by atoms with Gasteiger partial charge in [-0.3, -0.25) is 0 Å². The minimum Gasteiger partial charge on any atom is -0.496 e. The number of hydrogen-bond donors (Lipinski definition) is 1. The maximum Gasteiger partial charge on any atom is 0.123 e. The number of nitrogens with one attached hydrogen (secondary N) is 1. The lowest BCUT2D eigenvalue weighted by molar-refractivity contribution is 0.400. The first-order chi connectivity index (χ1) is 8.56. The fourth-order valence-corrected chi connectivity index (χ4v) is 2.30. The molecule has 0 radical (unpaired) electrons. The zero-order valence-electron chi connectivity index (χ0n) is 11.8. The van der Waals surface area contributed by atoms with E-state index in [9.17, 15) is 0 Å². The quantitative estimate of drug-likeness (QED) is 0.762. The van der Waals surface area contributed by atoms with Crippen LogP contribution >= 0.6 is 11.6 Å². The van der Waals surface area contributed by atoms with E-state index in [1.807, 2.05) is 6.07 Å². The number of aryl methyl sites for hydroxylation is 1. The van der Waals surface area contributed by atoms with Crippen molar-refractivity contribution in [1.29, 1.82) is 0 Å². The Labute approximate surface area is 116 Å². The van der Waals surface area contributed by atoms with Crippen LogP contribution in [0, 0.1) is 12.8 Å². The first kappa shape index (κ1) is 15.3. The third-order valence-corrected chi connectivity index (χ3v) is 3.33. The Balaban J connectivity index is 2.63. The van der Waals surface area contributed by atoms with E-state index in [1.54, 1.807) is 7.11 Å². The summed E-state index contributed by atoms with van der Waals surface area (Å²) in [6.45, 7) is 7.33. The molecule has 0 aliphatic heterocycles. The summed E-state index contributed by atoms with van der Waals surface area (Å²) in [7, 11) is 1.71. The molecule has 102 valence electrons. The van der Waals surface area contributed by atoms with E-state index in [0.29, 0.717) is 17.8 Å². The molecular weight excluding hydrogens is 246 g/mol. The van der Waals surface area contributed by atoms with E-state index >= 15 is 0 Å². The van der Waals surface area contributed by atoms with E-state index in [1.165, 1.54) is 11.1 Å². The molecule has 0 saturated heterocycles. The number of benzene rings is 1. The second-order valence-corrected chi connectivity index (χ2v) is 5.49. The topological polar surface area (TPSA) is 21.3 Å². The summed E-state index contributed by atoms with van der Waals surface area (Å²) in [6, 6.07) is 6.60. The predicted octanol–water partition coefficient (Wildman–Crippen LogP) is 3.75. The Morgan fingerprint density at radius 2 is 2.06 bits per heavy atom. The summed E-state index contributed by atoms with van der Waals surface area (Å²) in [4.78, 5) is 0. The molecule has 0 amide bonds. The van der Waals surface area contributed by atoms with E-state index < -0.39 is 0 Å². The fraction of sp³-hybridized carbons (Fsp3) is 0.600. The maximum atomic E-state index is 5.99. The summed E-state index contributed by atoms with van der Waals surface area (Å²) in [6.07, 6.45) is 1.09. The van der Waals surface area contributed by atoms with Crippen molar-refractivity contribution in [3.8, 4) is 5.75 Å². The summed E-state index contributed by atoms with van der Waals surface area (Å²) >= 11 is 5.99. The molecular formula is C15H24ClNO. The van der Waals surface area contributed by atoms with Crippen LogP contribution in [-0.2, 0) is 6.54 Å². The summed E-state index contributed by atoms with van der Waals surface area (Å²) in [5, 5.41) is 3.51. The average molecular weight is 270 g/mol. The van der Waals surface area contributed by atoms with Gasteiger partial charge in [-0.25, -0.2) is 0 Å². The van der Waals surface area contributed by atoms with Crippen LogP contribution in [0.4, 0.5) is 0 Å². The molecule has 0 aliphatic carbocycles. The SMILES string of the molecule is COc1ccc(C)cc1CNC(CCl)CC(C)C. The van der Waals surface area contributed by atoms with Crippen molar-refractivity contribution >= 4 is 11.6 Å². The van der Waals surface area contributed by atoms with E-state index in [-0.39, 0.29) is 0 Å². The summed E-state index contributed by atoms with van der Waals surface area (Å²) in [5.74, 6) is 2.23. The van der Waals surface area contributed by atoms with E-state index in [0.717, 1.165) is 18.7 Å². The molecule has 2 nitrogen and oxygen atoms in total. The Kier molecular flexibility index (Phi) is 6.51. The van der Waals surface area contributed by atoms with Crippen LogP contribution in [0.15, 0.2) is 18.2 Å². The highest BCUT2D eigenvalue weighted by Gasteiger charge is 2.10. The van der Waals surface area contributed by atoms with Crippen LogP contribution in [0.2, 0.25) is 0 Å². The molecule has 0 heterocycles.